The summed E-state index contributed by atoms with van der Waals surface area (Å²) in [6, 6.07) is 6.16. The minimum absolute atomic E-state index is 0.0300. The second-order valence-electron chi connectivity index (χ2n) is 5.01. The minimum Gasteiger partial charge on any atom is -0.337 e. The number of hydrogen-bond donors (Lipinski definition) is 2. The molecule has 2 N–H and O–H groups in total. The van der Waals surface area contributed by atoms with Gasteiger partial charge >= 0.3 is 0 Å². The van der Waals surface area contributed by atoms with E-state index in [0.29, 0.717) is 13.0 Å². The fraction of sp³-hybridized carbons (Fsp3) is 0.333. The molecule has 0 radical (unpaired) electrons. The summed E-state index contributed by atoms with van der Waals surface area (Å²) < 4.78 is 1.90. The number of fused-ring (bicyclic) bond motifs is 1. The Labute approximate surface area is 118 Å². The first-order valence-corrected chi connectivity index (χ1v) is 6.89. The first-order chi connectivity index (χ1) is 9.81. The third-order valence-electron chi connectivity index (χ3n) is 3.53. The van der Waals surface area contributed by atoms with Gasteiger partial charge in [0.25, 0.3) is 0 Å². The van der Waals surface area contributed by atoms with Gasteiger partial charge in [0.1, 0.15) is 0 Å². The van der Waals surface area contributed by atoms with Crippen LogP contribution in [0.3, 0.4) is 0 Å². The number of rotatable bonds is 4. The number of aryl methyl sites for hydroxylation is 1. The van der Waals surface area contributed by atoms with Crippen molar-refractivity contribution in [2.24, 2.45) is 0 Å². The lowest BCUT2D eigenvalue weighted by molar-refractivity contribution is -0.116. The van der Waals surface area contributed by atoms with E-state index in [4.69, 9.17) is 0 Å². The van der Waals surface area contributed by atoms with Gasteiger partial charge in [0.2, 0.25) is 5.91 Å². The summed E-state index contributed by atoms with van der Waals surface area (Å²) in [5.41, 5.74) is 3.53. The predicted molar refractivity (Wildman–Crippen MR) is 77.3 cm³/mol. The molecule has 104 valence electrons. The van der Waals surface area contributed by atoms with E-state index in [2.05, 4.69) is 27.8 Å². The molecule has 1 aliphatic rings. The molecule has 0 spiro atoms. The molecule has 0 atom stereocenters. The van der Waals surface area contributed by atoms with Crippen LogP contribution in [0.15, 0.2) is 36.9 Å². The average Bonchev–Trinajstić information content (AvgIpc) is 2.98. The lowest BCUT2D eigenvalue weighted by atomic mass is 10.0. The fourth-order valence-corrected chi connectivity index (χ4v) is 2.43. The molecule has 0 bridgehead atoms. The summed E-state index contributed by atoms with van der Waals surface area (Å²) in [4.78, 5) is 15.9. The third-order valence-corrected chi connectivity index (χ3v) is 3.53. The van der Waals surface area contributed by atoms with Crippen LogP contribution in [0.1, 0.15) is 17.5 Å². The predicted octanol–water partition coefficient (Wildman–Crippen LogP) is 1.56. The highest BCUT2D eigenvalue weighted by molar-refractivity contribution is 5.90. The molecule has 0 saturated carbocycles. The van der Waals surface area contributed by atoms with E-state index in [0.717, 1.165) is 25.2 Å². The molecule has 1 aromatic heterocycles. The number of carbonyl (C=O) groups is 1. The maximum Gasteiger partial charge on any atom is 0.226 e. The number of benzene rings is 1. The van der Waals surface area contributed by atoms with Crippen LogP contribution >= 0.6 is 0 Å². The van der Waals surface area contributed by atoms with E-state index in [9.17, 15) is 4.79 Å². The molecular weight excluding hydrogens is 252 g/mol. The van der Waals surface area contributed by atoms with Crippen LogP contribution < -0.4 is 10.6 Å². The van der Waals surface area contributed by atoms with Gasteiger partial charge < -0.3 is 15.2 Å². The van der Waals surface area contributed by atoms with Gasteiger partial charge in [0.15, 0.2) is 0 Å². The summed E-state index contributed by atoms with van der Waals surface area (Å²) in [5.74, 6) is 0.0300. The van der Waals surface area contributed by atoms with Crippen molar-refractivity contribution >= 4 is 11.6 Å². The van der Waals surface area contributed by atoms with E-state index < -0.39 is 0 Å². The standard InChI is InChI=1S/C15H18N4O/c20-15(4-7-19-8-6-17-11-19)18-14-2-1-12-3-5-16-10-13(12)9-14/h1-2,6,8-9,11,16H,3-5,7,10H2,(H,18,20). The lowest BCUT2D eigenvalue weighted by Gasteiger charge is -2.18. The van der Waals surface area contributed by atoms with Gasteiger partial charge in [-0.05, 0) is 36.2 Å². The quantitative estimate of drug-likeness (QED) is 0.886. The third kappa shape index (κ3) is 3.05. The van der Waals surface area contributed by atoms with Crippen molar-refractivity contribution in [2.75, 3.05) is 11.9 Å². The highest BCUT2D eigenvalue weighted by Gasteiger charge is 2.10. The van der Waals surface area contributed by atoms with Crippen molar-refractivity contribution in [2.45, 2.75) is 25.9 Å². The van der Waals surface area contributed by atoms with Crippen LogP contribution in [-0.4, -0.2) is 22.0 Å². The van der Waals surface area contributed by atoms with E-state index >= 15 is 0 Å². The Morgan fingerprint density at radius 2 is 2.35 bits per heavy atom. The van der Waals surface area contributed by atoms with Crippen LogP contribution in [0, 0.1) is 0 Å². The smallest absolute Gasteiger partial charge is 0.226 e. The maximum absolute atomic E-state index is 11.9. The van der Waals surface area contributed by atoms with Crippen molar-refractivity contribution in [3.05, 3.63) is 48.0 Å². The molecule has 0 unspecified atom stereocenters. The Hall–Kier alpha value is -2.14. The van der Waals surface area contributed by atoms with Crippen molar-refractivity contribution in [1.82, 2.24) is 14.9 Å². The Morgan fingerprint density at radius 3 is 3.20 bits per heavy atom. The Morgan fingerprint density at radius 1 is 1.40 bits per heavy atom. The van der Waals surface area contributed by atoms with Gasteiger partial charge in [0, 0.05) is 37.6 Å². The maximum atomic E-state index is 11.9. The molecular formula is C15H18N4O. The van der Waals surface area contributed by atoms with Gasteiger partial charge in [-0.2, -0.15) is 0 Å². The molecule has 20 heavy (non-hydrogen) atoms. The minimum atomic E-state index is 0.0300. The number of anilines is 1. The first-order valence-electron chi connectivity index (χ1n) is 6.89. The highest BCUT2D eigenvalue weighted by atomic mass is 16.1. The zero-order chi connectivity index (χ0) is 13.8. The van der Waals surface area contributed by atoms with E-state index in [1.54, 1.807) is 12.5 Å². The normalized spacial score (nSPS) is 13.8. The van der Waals surface area contributed by atoms with Crippen molar-refractivity contribution < 1.29 is 4.79 Å². The summed E-state index contributed by atoms with van der Waals surface area (Å²) in [7, 11) is 0. The van der Waals surface area contributed by atoms with Gasteiger partial charge in [-0.15, -0.1) is 0 Å². The molecule has 2 aromatic rings. The summed E-state index contributed by atoms with van der Waals surface area (Å²) >= 11 is 0. The number of nitrogens with zero attached hydrogens (tertiary/aromatic N) is 2. The molecule has 1 aliphatic heterocycles. The topological polar surface area (TPSA) is 59.0 Å². The lowest BCUT2D eigenvalue weighted by Crippen LogP contribution is -2.23. The van der Waals surface area contributed by atoms with E-state index in [-0.39, 0.29) is 5.91 Å². The number of aromatic nitrogens is 2. The largest absolute Gasteiger partial charge is 0.337 e. The first kappa shape index (κ1) is 12.9. The average molecular weight is 270 g/mol. The Balaban J connectivity index is 1.58. The summed E-state index contributed by atoms with van der Waals surface area (Å²) in [6.07, 6.45) is 6.81. The SMILES string of the molecule is O=C(CCn1ccnc1)Nc1ccc2c(c1)CNCC2. The zero-order valence-electron chi connectivity index (χ0n) is 11.3. The highest BCUT2D eigenvalue weighted by Crippen LogP contribution is 2.19. The van der Waals surface area contributed by atoms with Gasteiger partial charge in [-0.25, -0.2) is 4.98 Å². The zero-order valence-corrected chi connectivity index (χ0v) is 11.3. The Bertz CT molecular complexity index is 592. The molecule has 0 saturated heterocycles. The van der Waals surface area contributed by atoms with Crippen LogP contribution in [-0.2, 0) is 24.3 Å². The molecule has 5 heteroatoms. The van der Waals surface area contributed by atoms with Crippen LogP contribution in [0.4, 0.5) is 5.69 Å². The summed E-state index contributed by atoms with van der Waals surface area (Å²) in [6.45, 7) is 2.57. The molecule has 3 rings (SSSR count). The molecule has 5 nitrogen and oxygen atoms in total. The van der Waals surface area contributed by atoms with Gasteiger partial charge in [-0.3, -0.25) is 4.79 Å². The molecule has 1 aromatic carbocycles. The second-order valence-corrected chi connectivity index (χ2v) is 5.01. The van der Waals surface area contributed by atoms with Crippen LogP contribution in [0.25, 0.3) is 0 Å². The van der Waals surface area contributed by atoms with Gasteiger partial charge in [0.05, 0.1) is 6.33 Å². The van der Waals surface area contributed by atoms with E-state index in [1.807, 2.05) is 16.8 Å². The summed E-state index contributed by atoms with van der Waals surface area (Å²) in [5, 5.41) is 6.30. The molecule has 1 amide bonds. The van der Waals surface area contributed by atoms with Crippen molar-refractivity contribution in [1.29, 1.82) is 0 Å². The monoisotopic (exact) mass is 270 g/mol. The number of carbonyl (C=O) groups excluding carboxylic acids is 1. The fourth-order valence-electron chi connectivity index (χ4n) is 2.43. The van der Waals surface area contributed by atoms with Gasteiger partial charge in [-0.1, -0.05) is 6.07 Å². The van der Waals surface area contributed by atoms with Crippen molar-refractivity contribution in [3.63, 3.8) is 0 Å². The van der Waals surface area contributed by atoms with Crippen LogP contribution in [0.2, 0.25) is 0 Å². The molecule has 0 aliphatic carbocycles. The van der Waals surface area contributed by atoms with Crippen molar-refractivity contribution in [3.8, 4) is 0 Å². The molecule has 0 fully saturated rings. The number of imidazole rings is 1. The van der Waals surface area contributed by atoms with Crippen LogP contribution in [0.5, 0.6) is 0 Å². The Kier molecular flexibility index (Phi) is 3.78. The number of nitrogens with one attached hydrogen (secondary N) is 2. The number of hydrogen-bond acceptors (Lipinski definition) is 3. The number of amides is 1. The second kappa shape index (κ2) is 5.88. The van der Waals surface area contributed by atoms with E-state index in [1.165, 1.54) is 11.1 Å². The molecule has 2 heterocycles.